The third kappa shape index (κ3) is 2.23. The SMILES string of the molecule is CC(C)(C)c1nc2c(n1C1CN3CCC1CC3)CCNC2. The largest absolute Gasteiger partial charge is 0.327 e. The van der Waals surface area contributed by atoms with Crippen molar-refractivity contribution < 1.29 is 0 Å². The van der Waals surface area contributed by atoms with E-state index in [-0.39, 0.29) is 5.41 Å². The van der Waals surface area contributed by atoms with E-state index in [1.165, 1.54) is 49.7 Å². The molecule has 5 heterocycles. The maximum absolute atomic E-state index is 5.06. The molecule has 2 bridgehead atoms. The lowest BCUT2D eigenvalue weighted by Crippen LogP contribution is -2.49. The summed E-state index contributed by atoms with van der Waals surface area (Å²) in [5, 5.41) is 3.48. The van der Waals surface area contributed by atoms with E-state index in [2.05, 4.69) is 35.6 Å². The molecule has 1 aromatic rings. The smallest absolute Gasteiger partial charge is 0.114 e. The van der Waals surface area contributed by atoms with Crippen molar-refractivity contribution in [3.63, 3.8) is 0 Å². The topological polar surface area (TPSA) is 33.1 Å². The van der Waals surface area contributed by atoms with Crippen LogP contribution in [-0.2, 0) is 18.4 Å². The monoisotopic (exact) mass is 288 g/mol. The van der Waals surface area contributed by atoms with Crippen LogP contribution in [0.1, 0.15) is 56.9 Å². The van der Waals surface area contributed by atoms with Gasteiger partial charge >= 0.3 is 0 Å². The Balaban J connectivity index is 1.81. The van der Waals surface area contributed by atoms with Gasteiger partial charge < -0.3 is 14.8 Å². The van der Waals surface area contributed by atoms with Gasteiger partial charge in [-0.2, -0.15) is 0 Å². The molecule has 4 heteroatoms. The molecule has 1 N–H and O–H groups in total. The van der Waals surface area contributed by atoms with E-state index in [0.29, 0.717) is 6.04 Å². The zero-order valence-corrected chi connectivity index (χ0v) is 13.7. The highest BCUT2D eigenvalue weighted by molar-refractivity contribution is 5.25. The molecule has 4 aliphatic heterocycles. The summed E-state index contributed by atoms with van der Waals surface area (Å²) in [4.78, 5) is 7.72. The minimum Gasteiger partial charge on any atom is -0.327 e. The van der Waals surface area contributed by atoms with Gasteiger partial charge in [-0.05, 0) is 31.8 Å². The van der Waals surface area contributed by atoms with Crippen LogP contribution in [0.2, 0.25) is 0 Å². The second-order valence-corrected chi connectivity index (χ2v) is 8.08. The third-order valence-electron chi connectivity index (χ3n) is 5.55. The van der Waals surface area contributed by atoms with E-state index >= 15 is 0 Å². The molecule has 1 unspecified atom stereocenters. The van der Waals surface area contributed by atoms with Crippen molar-refractivity contribution in [3.8, 4) is 0 Å². The van der Waals surface area contributed by atoms with Gasteiger partial charge in [0.05, 0.1) is 11.7 Å². The Bertz CT molecular complexity index is 532. The van der Waals surface area contributed by atoms with Crippen LogP contribution in [-0.4, -0.2) is 40.6 Å². The second-order valence-electron chi connectivity index (χ2n) is 8.08. The molecule has 0 spiro atoms. The standard InChI is InChI=1S/C17H28N4/c1-17(2,3)16-19-13-10-18-7-4-14(13)21(16)15-11-20-8-5-12(15)6-9-20/h12,15,18H,4-11H2,1-3H3. The van der Waals surface area contributed by atoms with E-state index in [0.717, 1.165) is 25.4 Å². The Morgan fingerprint density at radius 3 is 2.57 bits per heavy atom. The molecule has 1 atom stereocenters. The van der Waals surface area contributed by atoms with Crippen LogP contribution < -0.4 is 5.32 Å². The number of nitrogens with zero attached hydrogens (tertiary/aromatic N) is 3. The fourth-order valence-electron chi connectivity index (χ4n) is 4.45. The van der Waals surface area contributed by atoms with Crippen molar-refractivity contribution in [2.75, 3.05) is 26.2 Å². The van der Waals surface area contributed by atoms with E-state index in [1.54, 1.807) is 0 Å². The number of imidazole rings is 1. The zero-order valence-electron chi connectivity index (χ0n) is 13.7. The van der Waals surface area contributed by atoms with Crippen molar-refractivity contribution in [1.82, 2.24) is 19.8 Å². The summed E-state index contributed by atoms with van der Waals surface area (Å²) in [6.45, 7) is 12.8. The van der Waals surface area contributed by atoms with Gasteiger partial charge in [0.25, 0.3) is 0 Å². The van der Waals surface area contributed by atoms with Crippen LogP contribution in [0.15, 0.2) is 0 Å². The fraction of sp³-hybridized carbons (Fsp3) is 0.824. The minimum atomic E-state index is 0.128. The first-order chi connectivity index (χ1) is 10.0. The molecule has 0 radical (unpaired) electrons. The number of aromatic nitrogens is 2. The molecule has 3 saturated heterocycles. The van der Waals surface area contributed by atoms with Crippen LogP contribution in [0, 0.1) is 5.92 Å². The van der Waals surface area contributed by atoms with E-state index < -0.39 is 0 Å². The molecule has 1 aromatic heterocycles. The average molecular weight is 288 g/mol. The Labute approximate surface area is 127 Å². The minimum absolute atomic E-state index is 0.128. The highest BCUT2D eigenvalue weighted by atomic mass is 15.2. The second kappa shape index (κ2) is 4.82. The van der Waals surface area contributed by atoms with Crippen molar-refractivity contribution in [1.29, 1.82) is 0 Å². The summed E-state index contributed by atoms with van der Waals surface area (Å²) in [5.41, 5.74) is 2.96. The maximum atomic E-state index is 5.06. The molecule has 0 saturated carbocycles. The van der Waals surface area contributed by atoms with Crippen LogP contribution in [0.25, 0.3) is 0 Å². The van der Waals surface area contributed by atoms with E-state index in [9.17, 15) is 0 Å². The van der Waals surface area contributed by atoms with Crippen molar-refractivity contribution in [2.24, 2.45) is 5.92 Å². The van der Waals surface area contributed by atoms with Gasteiger partial charge in [-0.15, -0.1) is 0 Å². The zero-order chi connectivity index (χ0) is 14.6. The lowest BCUT2D eigenvalue weighted by atomic mass is 9.83. The predicted octanol–water partition coefficient (Wildman–Crippen LogP) is 2.09. The van der Waals surface area contributed by atoms with Gasteiger partial charge in [0.2, 0.25) is 0 Å². The average Bonchev–Trinajstić information content (AvgIpc) is 2.88. The molecule has 0 aromatic carbocycles. The number of hydrogen-bond donors (Lipinski definition) is 1. The Hall–Kier alpha value is -0.870. The highest BCUT2D eigenvalue weighted by Gasteiger charge is 2.39. The van der Waals surface area contributed by atoms with Gasteiger partial charge in [-0.3, -0.25) is 0 Å². The first kappa shape index (κ1) is 13.8. The Morgan fingerprint density at radius 2 is 1.95 bits per heavy atom. The summed E-state index contributed by atoms with van der Waals surface area (Å²) >= 11 is 0. The van der Waals surface area contributed by atoms with Crippen LogP contribution in [0.3, 0.4) is 0 Å². The molecular weight excluding hydrogens is 260 g/mol. The van der Waals surface area contributed by atoms with Crippen LogP contribution in [0.4, 0.5) is 0 Å². The molecular formula is C17H28N4. The summed E-state index contributed by atoms with van der Waals surface area (Å²) in [5.74, 6) is 2.18. The summed E-state index contributed by atoms with van der Waals surface area (Å²) < 4.78 is 2.67. The third-order valence-corrected chi connectivity index (χ3v) is 5.55. The molecule has 116 valence electrons. The molecule has 5 rings (SSSR count). The van der Waals surface area contributed by atoms with Crippen molar-refractivity contribution >= 4 is 0 Å². The van der Waals surface area contributed by atoms with Crippen LogP contribution >= 0.6 is 0 Å². The van der Waals surface area contributed by atoms with Crippen molar-refractivity contribution in [2.45, 2.75) is 58.0 Å². The number of rotatable bonds is 1. The number of piperidine rings is 3. The van der Waals surface area contributed by atoms with Crippen LogP contribution in [0.5, 0.6) is 0 Å². The lowest BCUT2D eigenvalue weighted by molar-refractivity contribution is 0.0530. The van der Waals surface area contributed by atoms with Crippen molar-refractivity contribution in [3.05, 3.63) is 17.2 Å². The molecule has 21 heavy (non-hydrogen) atoms. The summed E-state index contributed by atoms with van der Waals surface area (Å²) in [7, 11) is 0. The van der Waals surface area contributed by atoms with Gasteiger partial charge in [0, 0.05) is 37.2 Å². The fourth-order valence-corrected chi connectivity index (χ4v) is 4.45. The summed E-state index contributed by atoms with van der Waals surface area (Å²) in [6, 6.07) is 0.663. The van der Waals surface area contributed by atoms with Gasteiger partial charge in [0.15, 0.2) is 0 Å². The Kier molecular flexibility index (Phi) is 3.16. The molecule has 4 nitrogen and oxygen atoms in total. The van der Waals surface area contributed by atoms with Gasteiger partial charge in [-0.1, -0.05) is 20.8 Å². The maximum Gasteiger partial charge on any atom is 0.114 e. The van der Waals surface area contributed by atoms with Gasteiger partial charge in [-0.25, -0.2) is 4.98 Å². The molecule has 0 aliphatic carbocycles. The molecule has 0 amide bonds. The first-order valence-electron chi connectivity index (χ1n) is 8.57. The molecule has 4 aliphatic rings. The lowest BCUT2D eigenvalue weighted by Gasteiger charge is -2.46. The Morgan fingerprint density at radius 1 is 1.19 bits per heavy atom. The number of fused-ring (bicyclic) bond motifs is 4. The van der Waals surface area contributed by atoms with E-state index in [4.69, 9.17) is 4.98 Å². The normalized spacial score (nSPS) is 32.2. The first-order valence-corrected chi connectivity index (χ1v) is 8.57. The quantitative estimate of drug-likeness (QED) is 0.859. The number of nitrogens with one attached hydrogen (secondary N) is 1. The number of hydrogen-bond acceptors (Lipinski definition) is 3. The predicted molar refractivity (Wildman–Crippen MR) is 84.5 cm³/mol. The summed E-state index contributed by atoms with van der Waals surface area (Å²) in [6.07, 6.45) is 3.89. The highest BCUT2D eigenvalue weighted by Crippen LogP contribution is 2.40. The molecule has 3 fully saturated rings. The van der Waals surface area contributed by atoms with E-state index in [1.807, 2.05) is 0 Å². The van der Waals surface area contributed by atoms with Gasteiger partial charge in [0.1, 0.15) is 5.82 Å².